The van der Waals surface area contributed by atoms with Crippen LogP contribution in [0.1, 0.15) is 63.3 Å². The molecular formula is C14H22N2O4. The van der Waals surface area contributed by atoms with E-state index in [1.807, 2.05) is 0 Å². The Bertz CT molecular complexity index is 460. The predicted molar refractivity (Wildman–Crippen MR) is 71.2 cm³/mol. The maximum Gasteiger partial charge on any atom is 0.307 e. The fourth-order valence-corrected chi connectivity index (χ4v) is 2.98. The second-order valence-corrected chi connectivity index (χ2v) is 5.63. The van der Waals surface area contributed by atoms with Crippen molar-refractivity contribution in [1.82, 2.24) is 10.1 Å². The van der Waals surface area contributed by atoms with Crippen LogP contribution >= 0.6 is 0 Å². The van der Waals surface area contributed by atoms with Crippen molar-refractivity contribution in [2.45, 2.75) is 51.6 Å². The van der Waals surface area contributed by atoms with Gasteiger partial charge in [-0.05, 0) is 25.2 Å². The van der Waals surface area contributed by atoms with E-state index in [4.69, 9.17) is 9.26 Å². The van der Waals surface area contributed by atoms with E-state index in [-0.39, 0.29) is 12.0 Å². The van der Waals surface area contributed by atoms with Crippen molar-refractivity contribution in [2.24, 2.45) is 11.8 Å². The fourth-order valence-electron chi connectivity index (χ4n) is 2.98. The lowest BCUT2D eigenvalue weighted by Gasteiger charge is -2.11. The lowest BCUT2D eigenvalue weighted by molar-refractivity contribution is -0.142. The molecule has 0 radical (unpaired) electrons. The van der Waals surface area contributed by atoms with Crippen LogP contribution in [0.5, 0.6) is 0 Å². The molecule has 0 amide bonds. The van der Waals surface area contributed by atoms with Gasteiger partial charge in [0.25, 0.3) is 0 Å². The third kappa shape index (κ3) is 3.00. The summed E-state index contributed by atoms with van der Waals surface area (Å²) in [6.07, 6.45) is 3.05. The Hall–Kier alpha value is -1.43. The molecule has 1 aliphatic rings. The second-order valence-electron chi connectivity index (χ2n) is 5.63. The van der Waals surface area contributed by atoms with E-state index in [1.165, 1.54) is 0 Å². The monoisotopic (exact) mass is 282 g/mol. The van der Waals surface area contributed by atoms with Crippen LogP contribution in [-0.4, -0.2) is 28.3 Å². The van der Waals surface area contributed by atoms with Crippen LogP contribution in [0.3, 0.4) is 0 Å². The van der Waals surface area contributed by atoms with Crippen molar-refractivity contribution < 1.29 is 19.2 Å². The van der Waals surface area contributed by atoms with Crippen LogP contribution in [-0.2, 0) is 9.53 Å². The van der Waals surface area contributed by atoms with Gasteiger partial charge in [0, 0.05) is 7.11 Å². The molecule has 1 saturated carbocycles. The van der Waals surface area contributed by atoms with Gasteiger partial charge < -0.3 is 14.4 Å². The highest BCUT2D eigenvalue weighted by atomic mass is 16.5. The van der Waals surface area contributed by atoms with Gasteiger partial charge >= 0.3 is 5.97 Å². The number of hydrogen-bond donors (Lipinski definition) is 1. The standard InChI is InChI=1S/C14H22N2O4/c1-4-5-11(19-3)12-15-13(20-16-12)9-6-8(2)7-10(9)14(17)18/h8-11H,4-7H2,1-3H3,(H,17,18). The van der Waals surface area contributed by atoms with Crippen molar-refractivity contribution in [3.8, 4) is 0 Å². The van der Waals surface area contributed by atoms with Crippen LogP contribution in [0.15, 0.2) is 4.52 Å². The number of carboxylic acid groups (broad SMARTS) is 1. The first kappa shape index (κ1) is 15.0. The van der Waals surface area contributed by atoms with Gasteiger partial charge in [-0.3, -0.25) is 4.79 Å². The van der Waals surface area contributed by atoms with Gasteiger partial charge in [-0.2, -0.15) is 4.98 Å². The van der Waals surface area contributed by atoms with Gasteiger partial charge in [0.15, 0.2) is 0 Å². The number of aliphatic carboxylic acids is 1. The minimum absolute atomic E-state index is 0.178. The summed E-state index contributed by atoms with van der Waals surface area (Å²) in [6.45, 7) is 4.12. The third-order valence-electron chi connectivity index (χ3n) is 4.01. The smallest absolute Gasteiger partial charge is 0.307 e. The zero-order valence-corrected chi connectivity index (χ0v) is 12.2. The number of carbonyl (C=O) groups is 1. The number of nitrogens with zero attached hydrogens (tertiary/aromatic N) is 2. The third-order valence-corrected chi connectivity index (χ3v) is 4.01. The summed E-state index contributed by atoms with van der Waals surface area (Å²) in [4.78, 5) is 15.7. The fraction of sp³-hybridized carbons (Fsp3) is 0.786. The van der Waals surface area contributed by atoms with Gasteiger partial charge in [0.2, 0.25) is 11.7 Å². The van der Waals surface area contributed by atoms with Crippen molar-refractivity contribution in [2.75, 3.05) is 7.11 Å². The first-order valence-electron chi connectivity index (χ1n) is 7.15. The molecule has 0 aliphatic heterocycles. The highest BCUT2D eigenvalue weighted by Crippen LogP contribution is 2.42. The largest absolute Gasteiger partial charge is 0.481 e. The van der Waals surface area contributed by atoms with Crippen molar-refractivity contribution >= 4 is 5.97 Å². The Morgan fingerprint density at radius 3 is 2.90 bits per heavy atom. The summed E-state index contributed by atoms with van der Waals surface area (Å²) in [5, 5.41) is 13.3. The molecule has 1 aromatic rings. The molecular weight excluding hydrogens is 260 g/mol. The molecule has 0 saturated heterocycles. The lowest BCUT2D eigenvalue weighted by atomic mass is 9.96. The van der Waals surface area contributed by atoms with Gasteiger partial charge in [-0.15, -0.1) is 0 Å². The predicted octanol–water partition coefficient (Wildman–Crippen LogP) is 2.77. The van der Waals surface area contributed by atoms with Gasteiger partial charge in [0.1, 0.15) is 6.10 Å². The number of ether oxygens (including phenoxy) is 1. The Morgan fingerprint density at radius 1 is 1.55 bits per heavy atom. The summed E-state index contributed by atoms with van der Waals surface area (Å²) in [6, 6.07) is 0. The quantitative estimate of drug-likeness (QED) is 0.863. The molecule has 112 valence electrons. The van der Waals surface area contributed by atoms with E-state index < -0.39 is 11.9 Å². The summed E-state index contributed by atoms with van der Waals surface area (Å²) in [5.41, 5.74) is 0. The molecule has 2 rings (SSSR count). The van der Waals surface area contributed by atoms with E-state index in [2.05, 4.69) is 24.0 Å². The zero-order valence-electron chi connectivity index (χ0n) is 12.2. The molecule has 0 spiro atoms. The lowest BCUT2D eigenvalue weighted by Crippen LogP contribution is -2.17. The van der Waals surface area contributed by atoms with Crippen molar-refractivity contribution in [3.63, 3.8) is 0 Å². The van der Waals surface area contributed by atoms with E-state index in [9.17, 15) is 9.90 Å². The van der Waals surface area contributed by atoms with Crippen LogP contribution in [0.25, 0.3) is 0 Å². The van der Waals surface area contributed by atoms with Crippen molar-refractivity contribution in [1.29, 1.82) is 0 Å². The minimum atomic E-state index is -0.782. The Kier molecular flexibility index (Phi) is 4.75. The van der Waals surface area contributed by atoms with E-state index in [0.29, 0.717) is 24.1 Å². The van der Waals surface area contributed by atoms with Gasteiger partial charge in [-0.25, -0.2) is 0 Å². The van der Waals surface area contributed by atoms with Crippen LogP contribution < -0.4 is 0 Å². The molecule has 1 heterocycles. The van der Waals surface area contributed by atoms with Gasteiger partial charge in [0.05, 0.1) is 11.8 Å². The maximum atomic E-state index is 11.3. The number of methoxy groups -OCH3 is 1. The van der Waals surface area contributed by atoms with Crippen LogP contribution in [0, 0.1) is 11.8 Å². The Balaban J connectivity index is 2.17. The highest BCUT2D eigenvalue weighted by Gasteiger charge is 2.41. The Labute approximate surface area is 118 Å². The first-order valence-corrected chi connectivity index (χ1v) is 7.15. The molecule has 4 atom stereocenters. The topological polar surface area (TPSA) is 85.5 Å². The average molecular weight is 282 g/mol. The number of rotatable bonds is 6. The average Bonchev–Trinajstić information content (AvgIpc) is 3.02. The molecule has 0 bridgehead atoms. The summed E-state index contributed by atoms with van der Waals surface area (Å²) < 4.78 is 10.6. The molecule has 1 aliphatic carbocycles. The summed E-state index contributed by atoms with van der Waals surface area (Å²) in [5.74, 6) is -0.0578. The number of carboxylic acids is 1. The summed E-state index contributed by atoms with van der Waals surface area (Å²) >= 11 is 0. The highest BCUT2D eigenvalue weighted by molar-refractivity contribution is 5.71. The number of hydrogen-bond acceptors (Lipinski definition) is 5. The molecule has 1 N–H and O–H groups in total. The SMILES string of the molecule is CCCC(OC)c1noc(C2CC(C)CC2C(=O)O)n1. The maximum absolute atomic E-state index is 11.3. The Morgan fingerprint density at radius 2 is 2.30 bits per heavy atom. The minimum Gasteiger partial charge on any atom is -0.481 e. The molecule has 4 unspecified atom stereocenters. The van der Waals surface area contributed by atoms with E-state index >= 15 is 0 Å². The molecule has 1 aromatic heterocycles. The second kappa shape index (κ2) is 6.35. The molecule has 0 aromatic carbocycles. The van der Waals surface area contributed by atoms with Crippen molar-refractivity contribution in [3.05, 3.63) is 11.7 Å². The summed E-state index contributed by atoms with van der Waals surface area (Å²) in [7, 11) is 1.62. The number of aromatic nitrogens is 2. The molecule has 6 heteroatoms. The van der Waals surface area contributed by atoms with E-state index in [0.717, 1.165) is 19.3 Å². The van der Waals surface area contributed by atoms with Crippen LogP contribution in [0.2, 0.25) is 0 Å². The zero-order chi connectivity index (χ0) is 14.7. The molecule has 6 nitrogen and oxygen atoms in total. The molecule has 1 fully saturated rings. The first-order chi connectivity index (χ1) is 9.56. The van der Waals surface area contributed by atoms with E-state index in [1.54, 1.807) is 7.11 Å². The van der Waals surface area contributed by atoms with Gasteiger partial charge in [-0.1, -0.05) is 25.4 Å². The normalized spacial score (nSPS) is 27.6. The van der Waals surface area contributed by atoms with Crippen LogP contribution in [0.4, 0.5) is 0 Å². The molecule has 20 heavy (non-hydrogen) atoms.